The van der Waals surface area contributed by atoms with Crippen LogP contribution < -0.4 is 30.3 Å². The van der Waals surface area contributed by atoms with Gasteiger partial charge >= 0.3 is 13.9 Å². The number of likely N-dealkylation sites (tertiary alicyclic amines) is 1. The number of ether oxygens (including phenoxy) is 2. The second-order valence-electron chi connectivity index (χ2n) is 18.9. The van der Waals surface area contributed by atoms with Crippen LogP contribution in [0.25, 0.3) is 0 Å². The van der Waals surface area contributed by atoms with E-state index in [0.717, 1.165) is 0 Å². The molecular weight excluding hydrogens is 882 g/mol. The largest absolute Gasteiger partial charge is 0.587 e. The van der Waals surface area contributed by atoms with E-state index in [2.05, 4.69) is 21.3 Å². The number of phosphoric acid groups is 1. The Labute approximate surface area is 394 Å². The van der Waals surface area contributed by atoms with Gasteiger partial charge in [-0.05, 0) is 68.4 Å². The molecule has 1 aliphatic rings. The zero-order valence-corrected chi connectivity index (χ0v) is 41.0. The van der Waals surface area contributed by atoms with Crippen LogP contribution in [0.1, 0.15) is 99.6 Å². The Morgan fingerprint density at radius 2 is 1.34 bits per heavy atom. The van der Waals surface area contributed by atoms with Crippen molar-refractivity contribution in [3.8, 4) is 11.5 Å². The topological polar surface area (TPSA) is 217 Å². The Morgan fingerprint density at radius 1 is 0.776 bits per heavy atom. The van der Waals surface area contributed by atoms with Crippen LogP contribution in [0.3, 0.4) is 0 Å². The molecule has 1 saturated heterocycles. The van der Waals surface area contributed by atoms with Crippen molar-refractivity contribution >= 4 is 43.3 Å². The minimum atomic E-state index is -4.36. The van der Waals surface area contributed by atoms with Crippen LogP contribution >= 0.6 is 7.82 Å². The number of hydrogen-bond acceptors (Lipinski definition) is 12. The fourth-order valence-electron chi connectivity index (χ4n) is 7.05. The van der Waals surface area contributed by atoms with Crippen LogP contribution in [-0.2, 0) is 42.5 Å². The van der Waals surface area contributed by atoms with Gasteiger partial charge in [-0.15, -0.1) is 0 Å². The maximum Gasteiger partial charge on any atom is 0.587 e. The van der Waals surface area contributed by atoms with Gasteiger partial charge in [-0.2, -0.15) is 0 Å². The van der Waals surface area contributed by atoms with Crippen molar-refractivity contribution in [3.63, 3.8) is 0 Å². The van der Waals surface area contributed by atoms with Crippen molar-refractivity contribution in [1.29, 1.82) is 0 Å². The minimum absolute atomic E-state index is 0.0271. The fraction of sp³-hybridized carbons (Fsp3) is 0.510. The number of carbonyl (C=O) groups is 6. The van der Waals surface area contributed by atoms with Gasteiger partial charge < -0.3 is 44.7 Å². The van der Waals surface area contributed by atoms with Gasteiger partial charge in [0, 0.05) is 13.0 Å². The molecule has 3 aromatic carbocycles. The molecule has 0 spiro atoms. The number of ketones is 1. The molecule has 366 valence electrons. The van der Waals surface area contributed by atoms with Crippen LogP contribution in [0, 0.1) is 11.3 Å². The molecule has 0 saturated carbocycles. The number of nitrogens with one attached hydrogen (secondary N) is 4. The van der Waals surface area contributed by atoms with E-state index in [1.54, 1.807) is 112 Å². The van der Waals surface area contributed by atoms with Crippen molar-refractivity contribution < 1.29 is 56.4 Å². The van der Waals surface area contributed by atoms with E-state index in [1.807, 2.05) is 41.5 Å². The number of hydrogen-bond donors (Lipinski definition) is 4. The summed E-state index contributed by atoms with van der Waals surface area (Å²) in [6.45, 7) is 15.7. The summed E-state index contributed by atoms with van der Waals surface area (Å²) >= 11 is 0. The van der Waals surface area contributed by atoms with Crippen molar-refractivity contribution in [1.82, 2.24) is 26.2 Å². The van der Waals surface area contributed by atoms with Gasteiger partial charge in [-0.25, -0.2) is 9.36 Å². The van der Waals surface area contributed by atoms with E-state index in [0.29, 0.717) is 18.4 Å². The second-order valence-corrected chi connectivity index (χ2v) is 20.4. The highest BCUT2D eigenvalue weighted by Crippen LogP contribution is 2.50. The highest BCUT2D eigenvalue weighted by atomic mass is 31.2. The van der Waals surface area contributed by atoms with E-state index in [-0.39, 0.29) is 50.0 Å². The van der Waals surface area contributed by atoms with E-state index in [1.165, 1.54) is 4.90 Å². The van der Waals surface area contributed by atoms with Gasteiger partial charge in [0.2, 0.25) is 23.5 Å². The number of unbranched alkanes of at least 4 members (excludes halogenated alkanes) is 1. The van der Waals surface area contributed by atoms with Gasteiger partial charge in [0.25, 0.3) is 5.91 Å². The van der Waals surface area contributed by atoms with E-state index in [4.69, 9.17) is 23.0 Å². The maximum atomic E-state index is 14.4. The number of alkyl carbamates (subject to hydrolysis) is 1. The van der Waals surface area contributed by atoms with Gasteiger partial charge in [0.1, 0.15) is 23.6 Å². The quantitative estimate of drug-likeness (QED) is 0.0555. The summed E-state index contributed by atoms with van der Waals surface area (Å²) in [5.74, 6) is -3.54. The summed E-state index contributed by atoms with van der Waals surface area (Å²) in [7, 11) is -4.36. The first-order valence-corrected chi connectivity index (χ1v) is 24.2. The lowest BCUT2D eigenvalue weighted by molar-refractivity contribution is -0.144. The summed E-state index contributed by atoms with van der Waals surface area (Å²) in [6, 6.07) is 20.9. The number of nitrogens with zero attached hydrogens (tertiary/aromatic N) is 1. The second kappa shape index (κ2) is 24.8. The molecule has 4 N–H and O–H groups in total. The van der Waals surface area contributed by atoms with Gasteiger partial charge in [0.15, 0.2) is 0 Å². The Hall–Kier alpha value is -5.77. The number of Topliss-reactive ketones (excluding diaryl/α,β-unsaturated/α-hetero) is 1. The van der Waals surface area contributed by atoms with Crippen molar-refractivity contribution in [2.24, 2.45) is 11.3 Å². The zero-order chi connectivity index (χ0) is 49.4. The predicted octanol–water partition coefficient (Wildman–Crippen LogP) is 7.07. The molecule has 4 rings (SSSR count). The lowest BCUT2D eigenvalue weighted by Crippen LogP contribution is -2.59. The van der Waals surface area contributed by atoms with Crippen LogP contribution in [-0.4, -0.2) is 96.5 Å². The molecule has 17 nitrogen and oxygen atoms in total. The Morgan fingerprint density at radius 3 is 1.87 bits per heavy atom. The summed E-state index contributed by atoms with van der Waals surface area (Å²) < 4.78 is 42.9. The number of benzene rings is 3. The van der Waals surface area contributed by atoms with Crippen LogP contribution in [0.2, 0.25) is 0 Å². The lowest BCUT2D eigenvalue weighted by Gasteiger charge is -2.35. The molecule has 5 amide bonds. The Balaban J connectivity index is 1.47. The Kier molecular flexibility index (Phi) is 20.0. The van der Waals surface area contributed by atoms with E-state index < -0.39 is 91.2 Å². The molecular formula is C49H68N5O12P. The first-order chi connectivity index (χ1) is 31.6. The number of rotatable bonds is 23. The molecule has 0 bridgehead atoms. The van der Waals surface area contributed by atoms with Crippen molar-refractivity contribution in [2.75, 3.05) is 26.3 Å². The molecule has 3 aromatic rings. The molecule has 1 aliphatic heterocycles. The molecule has 1 heterocycles. The number of phosphoric ester groups is 1. The van der Waals surface area contributed by atoms with E-state index in [9.17, 15) is 33.3 Å². The zero-order valence-electron chi connectivity index (χ0n) is 40.1. The van der Waals surface area contributed by atoms with Gasteiger partial charge in [-0.3, -0.25) is 28.5 Å². The van der Waals surface area contributed by atoms with Crippen molar-refractivity contribution in [2.45, 2.75) is 124 Å². The van der Waals surface area contributed by atoms with Crippen LogP contribution in [0.15, 0.2) is 91.0 Å². The molecule has 5 unspecified atom stereocenters. The van der Waals surface area contributed by atoms with Gasteiger partial charge in [0.05, 0.1) is 43.5 Å². The molecule has 5 atom stereocenters. The molecule has 67 heavy (non-hydrogen) atoms. The first kappa shape index (κ1) is 53.8. The number of carbonyl (C=O) groups excluding carboxylic acids is 6. The third kappa shape index (κ3) is 17.8. The SMILES string of the molecule is CCCCC(NC(=O)C1CC(OC(C)(C)C)CN1C(=O)C(NC(=O)OCC(C)C)C(C)(C)C)C(=O)C(=O)NCC(=O)NC(COP(=O)(Oc1ccccc1)Oc1ccccc1)c1ccccc1. The van der Waals surface area contributed by atoms with Gasteiger partial charge in [-0.1, -0.05) is 121 Å². The standard InChI is InChI=1S/C49H68N5O12P/c1-10-11-27-38(52-44(57)40-28-37(64-49(7,8)9)30-54(40)46(59)43(48(4,5)6)53-47(60)62-31-33(2)3)42(56)45(58)50-29-41(55)51-39(34-21-15-12-16-22-34)32-63-67(61,65-35-23-17-13-18-24-35)66-36-25-19-14-20-26-36/h12-26,33,37-40,43H,10-11,27-32H2,1-9H3,(H,50,58)(H,51,55)(H,52,57)(H,53,60). The number of para-hydroxylation sites is 2. The monoisotopic (exact) mass is 949 g/mol. The molecule has 18 heteroatoms. The maximum absolute atomic E-state index is 14.4. The highest BCUT2D eigenvalue weighted by molar-refractivity contribution is 7.49. The average molecular weight is 950 g/mol. The summed E-state index contributed by atoms with van der Waals surface area (Å²) in [6.07, 6.45) is -0.0553. The predicted molar refractivity (Wildman–Crippen MR) is 252 cm³/mol. The summed E-state index contributed by atoms with van der Waals surface area (Å²) in [4.78, 5) is 83.5. The molecule has 0 radical (unpaired) electrons. The third-order valence-electron chi connectivity index (χ3n) is 10.3. The lowest BCUT2D eigenvalue weighted by atomic mass is 9.85. The first-order valence-electron chi connectivity index (χ1n) is 22.7. The van der Waals surface area contributed by atoms with Crippen LogP contribution in [0.5, 0.6) is 11.5 Å². The van der Waals surface area contributed by atoms with Crippen molar-refractivity contribution in [3.05, 3.63) is 96.6 Å². The van der Waals surface area contributed by atoms with Crippen LogP contribution in [0.4, 0.5) is 4.79 Å². The highest BCUT2D eigenvalue weighted by Gasteiger charge is 2.47. The molecule has 0 aliphatic carbocycles. The molecule has 0 aromatic heterocycles. The number of amides is 5. The van der Waals surface area contributed by atoms with E-state index >= 15 is 0 Å². The fourth-order valence-corrected chi connectivity index (χ4v) is 8.29. The average Bonchev–Trinajstić information content (AvgIpc) is 3.69. The normalized spacial score (nSPS) is 16.5. The summed E-state index contributed by atoms with van der Waals surface area (Å²) in [5, 5.41) is 10.5. The third-order valence-corrected chi connectivity index (χ3v) is 11.6. The Bertz CT molecular complexity index is 2100. The smallest absolute Gasteiger partial charge is 0.449 e. The molecule has 1 fully saturated rings. The summed E-state index contributed by atoms with van der Waals surface area (Å²) in [5.41, 5.74) is -0.858. The minimum Gasteiger partial charge on any atom is -0.449 e.